The third kappa shape index (κ3) is 6.19. The Kier molecular flexibility index (Phi) is 7.18. The van der Waals surface area contributed by atoms with Crippen LogP contribution in [-0.4, -0.2) is 48.4 Å². The van der Waals surface area contributed by atoms with E-state index in [2.05, 4.69) is 52.4 Å². The van der Waals surface area contributed by atoms with Gasteiger partial charge >= 0.3 is 0 Å². The van der Waals surface area contributed by atoms with Gasteiger partial charge in [0.05, 0.1) is 18.2 Å². The number of carbonyl (C=O) groups excluding carboxylic acids is 1. The van der Waals surface area contributed by atoms with Crippen LogP contribution in [0.5, 0.6) is 0 Å². The minimum atomic E-state index is 0.0844. The molecule has 1 amide bonds. The van der Waals surface area contributed by atoms with Gasteiger partial charge in [-0.2, -0.15) is 5.26 Å². The lowest BCUT2D eigenvalue weighted by Crippen LogP contribution is -2.39. The molecule has 0 saturated carbocycles. The molecule has 0 bridgehead atoms. The summed E-state index contributed by atoms with van der Waals surface area (Å²) in [4.78, 5) is 17.0. The van der Waals surface area contributed by atoms with Gasteiger partial charge in [-0.25, -0.2) is 0 Å². The first-order valence-electron chi connectivity index (χ1n) is 9.88. The van der Waals surface area contributed by atoms with Crippen molar-refractivity contribution in [2.24, 2.45) is 0 Å². The second-order valence-corrected chi connectivity index (χ2v) is 7.48. The summed E-state index contributed by atoms with van der Waals surface area (Å²) in [6.45, 7) is 7.81. The van der Waals surface area contributed by atoms with Crippen molar-refractivity contribution in [2.45, 2.75) is 26.4 Å². The number of aryl methyl sites for hydroxylation is 1. The van der Waals surface area contributed by atoms with Crippen molar-refractivity contribution >= 4 is 5.91 Å². The molecule has 3 rings (SSSR count). The summed E-state index contributed by atoms with van der Waals surface area (Å²) in [6, 6.07) is 18.2. The van der Waals surface area contributed by atoms with Crippen LogP contribution < -0.4 is 5.32 Å². The average Bonchev–Trinajstić information content (AvgIpc) is 2.93. The van der Waals surface area contributed by atoms with Crippen LogP contribution in [0.4, 0.5) is 0 Å². The summed E-state index contributed by atoms with van der Waals surface area (Å²) < 4.78 is 0. The molecular weight excluding hydrogens is 348 g/mol. The van der Waals surface area contributed by atoms with Gasteiger partial charge in [0, 0.05) is 26.2 Å². The van der Waals surface area contributed by atoms with Crippen molar-refractivity contribution in [1.82, 2.24) is 15.1 Å². The van der Waals surface area contributed by atoms with E-state index in [0.717, 1.165) is 44.7 Å². The van der Waals surface area contributed by atoms with Gasteiger partial charge in [-0.05, 0) is 49.7 Å². The fourth-order valence-electron chi connectivity index (χ4n) is 3.45. The maximum atomic E-state index is 12.3. The molecular formula is C23H28N4O. The molecule has 146 valence electrons. The number of nitrogens with one attached hydrogen (secondary N) is 1. The van der Waals surface area contributed by atoms with Crippen LogP contribution >= 0.6 is 0 Å². The number of hydrogen-bond acceptors (Lipinski definition) is 4. The number of amides is 1. The Morgan fingerprint density at radius 1 is 0.964 bits per heavy atom. The first kappa shape index (κ1) is 20.1. The van der Waals surface area contributed by atoms with Crippen LogP contribution in [0.15, 0.2) is 48.5 Å². The molecule has 0 spiro atoms. The highest BCUT2D eigenvalue weighted by atomic mass is 16.2. The van der Waals surface area contributed by atoms with E-state index >= 15 is 0 Å². The van der Waals surface area contributed by atoms with Crippen molar-refractivity contribution in [3.8, 4) is 6.07 Å². The van der Waals surface area contributed by atoms with Crippen LogP contribution in [0.2, 0.25) is 0 Å². The molecule has 1 fully saturated rings. The molecule has 0 aliphatic carbocycles. The molecule has 1 N–H and O–H groups in total. The van der Waals surface area contributed by atoms with Gasteiger partial charge in [-0.1, -0.05) is 42.0 Å². The monoisotopic (exact) mass is 376 g/mol. The van der Waals surface area contributed by atoms with E-state index in [4.69, 9.17) is 5.26 Å². The SMILES string of the molecule is Cc1ccc(CNC(=O)CN2CCCN(Cc3ccc(C#N)cc3)CC2)cc1. The zero-order valence-electron chi connectivity index (χ0n) is 16.5. The van der Waals surface area contributed by atoms with Crippen LogP contribution in [0.25, 0.3) is 0 Å². The molecule has 28 heavy (non-hydrogen) atoms. The number of nitrogens with zero attached hydrogens (tertiary/aromatic N) is 3. The molecule has 5 nitrogen and oxygen atoms in total. The lowest BCUT2D eigenvalue weighted by Gasteiger charge is -2.21. The van der Waals surface area contributed by atoms with Gasteiger partial charge in [0.2, 0.25) is 5.91 Å². The number of carbonyl (C=O) groups is 1. The van der Waals surface area contributed by atoms with Crippen molar-refractivity contribution in [3.05, 3.63) is 70.8 Å². The summed E-state index contributed by atoms with van der Waals surface area (Å²) >= 11 is 0. The average molecular weight is 377 g/mol. The number of benzene rings is 2. The van der Waals surface area contributed by atoms with E-state index in [-0.39, 0.29) is 5.91 Å². The van der Waals surface area contributed by atoms with Crippen molar-refractivity contribution in [2.75, 3.05) is 32.7 Å². The van der Waals surface area contributed by atoms with Crippen LogP contribution in [0.3, 0.4) is 0 Å². The highest BCUT2D eigenvalue weighted by Gasteiger charge is 2.17. The van der Waals surface area contributed by atoms with E-state index in [1.54, 1.807) is 0 Å². The van der Waals surface area contributed by atoms with Gasteiger partial charge in [-0.3, -0.25) is 14.6 Å². The molecule has 2 aromatic carbocycles. The Morgan fingerprint density at radius 3 is 2.32 bits per heavy atom. The first-order chi connectivity index (χ1) is 13.6. The molecule has 0 aromatic heterocycles. The topological polar surface area (TPSA) is 59.4 Å². The largest absolute Gasteiger partial charge is 0.351 e. The molecule has 0 atom stereocenters. The van der Waals surface area contributed by atoms with Crippen molar-refractivity contribution in [3.63, 3.8) is 0 Å². The van der Waals surface area contributed by atoms with Gasteiger partial charge in [-0.15, -0.1) is 0 Å². The summed E-state index contributed by atoms with van der Waals surface area (Å²) in [5, 5.41) is 11.9. The fraction of sp³-hybridized carbons (Fsp3) is 0.391. The summed E-state index contributed by atoms with van der Waals surface area (Å²) in [5.41, 5.74) is 4.28. The van der Waals surface area contributed by atoms with Crippen molar-refractivity contribution < 1.29 is 4.79 Å². The van der Waals surface area contributed by atoms with Gasteiger partial charge in [0.15, 0.2) is 0 Å². The second-order valence-electron chi connectivity index (χ2n) is 7.48. The van der Waals surface area contributed by atoms with Gasteiger partial charge < -0.3 is 5.32 Å². The van der Waals surface area contributed by atoms with Gasteiger partial charge in [0.1, 0.15) is 0 Å². The lowest BCUT2D eigenvalue weighted by atomic mass is 10.1. The summed E-state index contributed by atoms with van der Waals surface area (Å²) in [7, 11) is 0. The zero-order chi connectivity index (χ0) is 19.8. The quantitative estimate of drug-likeness (QED) is 0.842. The molecule has 0 radical (unpaired) electrons. The Bertz CT molecular complexity index is 808. The molecule has 0 unspecified atom stereocenters. The van der Waals surface area contributed by atoms with E-state index in [0.29, 0.717) is 18.7 Å². The van der Waals surface area contributed by atoms with E-state index in [1.807, 2.05) is 24.3 Å². The number of rotatable bonds is 6. The summed E-state index contributed by atoms with van der Waals surface area (Å²) in [5.74, 6) is 0.0844. The van der Waals surface area contributed by atoms with Crippen LogP contribution in [-0.2, 0) is 17.9 Å². The normalized spacial score (nSPS) is 15.6. The predicted octanol–water partition coefficient (Wildman–Crippen LogP) is 2.69. The Hall–Kier alpha value is -2.68. The molecule has 1 saturated heterocycles. The molecule has 1 aliphatic heterocycles. The second kappa shape index (κ2) is 10.0. The standard InChI is InChI=1S/C23H28N4O/c1-19-3-5-21(6-4-19)16-25-23(28)18-27-12-2-11-26(13-14-27)17-22-9-7-20(15-24)8-10-22/h3-10H,2,11-14,16-18H2,1H3,(H,25,28). The highest BCUT2D eigenvalue weighted by molar-refractivity contribution is 5.78. The maximum absolute atomic E-state index is 12.3. The van der Waals surface area contributed by atoms with Crippen LogP contribution in [0, 0.1) is 18.3 Å². The van der Waals surface area contributed by atoms with Gasteiger partial charge in [0.25, 0.3) is 0 Å². The Labute approximate surface area is 167 Å². The predicted molar refractivity (Wildman–Crippen MR) is 111 cm³/mol. The fourth-order valence-corrected chi connectivity index (χ4v) is 3.45. The Morgan fingerprint density at radius 2 is 1.61 bits per heavy atom. The first-order valence-corrected chi connectivity index (χ1v) is 9.88. The molecule has 5 heteroatoms. The van der Waals surface area contributed by atoms with E-state index in [9.17, 15) is 4.79 Å². The smallest absolute Gasteiger partial charge is 0.234 e. The molecule has 2 aromatic rings. The highest BCUT2D eigenvalue weighted by Crippen LogP contribution is 2.10. The zero-order valence-corrected chi connectivity index (χ0v) is 16.5. The van der Waals surface area contributed by atoms with E-state index < -0.39 is 0 Å². The molecule has 1 heterocycles. The van der Waals surface area contributed by atoms with E-state index in [1.165, 1.54) is 11.1 Å². The van der Waals surface area contributed by atoms with Crippen molar-refractivity contribution in [1.29, 1.82) is 5.26 Å². The third-order valence-electron chi connectivity index (χ3n) is 5.15. The minimum Gasteiger partial charge on any atom is -0.351 e. The minimum absolute atomic E-state index is 0.0844. The lowest BCUT2D eigenvalue weighted by molar-refractivity contribution is -0.122. The number of nitriles is 1. The Balaban J connectivity index is 1.42. The van der Waals surface area contributed by atoms with Crippen LogP contribution in [0.1, 0.15) is 28.7 Å². The number of hydrogen-bond donors (Lipinski definition) is 1. The maximum Gasteiger partial charge on any atom is 0.234 e. The molecule has 1 aliphatic rings. The summed E-state index contributed by atoms with van der Waals surface area (Å²) in [6.07, 6.45) is 1.06. The third-order valence-corrected chi connectivity index (χ3v) is 5.15.